The van der Waals surface area contributed by atoms with E-state index in [1.165, 1.54) is 0 Å². The maximum absolute atomic E-state index is 13.3. The molecule has 0 radical (unpaired) electrons. The number of fused-ring (bicyclic) bond motifs is 1. The maximum Gasteiger partial charge on any atom is 0.232 e. The van der Waals surface area contributed by atoms with Crippen LogP contribution in [0.3, 0.4) is 0 Å². The van der Waals surface area contributed by atoms with E-state index in [2.05, 4.69) is 27.6 Å². The summed E-state index contributed by atoms with van der Waals surface area (Å²) in [6.07, 6.45) is 1.78. The Hall–Kier alpha value is -3.43. The van der Waals surface area contributed by atoms with Crippen molar-refractivity contribution in [2.24, 2.45) is 0 Å². The molecule has 8 nitrogen and oxygen atoms in total. The molecule has 4 rings (SSSR count). The molecule has 0 spiro atoms. The van der Waals surface area contributed by atoms with Crippen LogP contribution in [0.15, 0.2) is 72.0 Å². The highest BCUT2D eigenvalue weighted by atomic mass is 32.2. The zero-order valence-electron chi connectivity index (χ0n) is 20.7. The molecule has 0 bridgehead atoms. The molecule has 188 valence electrons. The Morgan fingerprint density at radius 3 is 2.33 bits per heavy atom. The summed E-state index contributed by atoms with van der Waals surface area (Å²) in [6.45, 7) is 6.90. The standard InChI is InChI=1S/C27H32N6O2S/c1-3-35-18-16-28-24-22-19-30-33(25(22)32-27(31-24)36-4-2)17-15-29-26(34)23(20-11-7-5-8-12-20)21-13-9-6-10-14-21/h5-14,19,23H,3-4,15-18H2,1-2H3,(H,29,34)(H,28,31,32). The van der Waals surface area contributed by atoms with Crippen molar-refractivity contribution < 1.29 is 9.53 Å². The zero-order valence-corrected chi connectivity index (χ0v) is 21.5. The Balaban J connectivity index is 1.48. The molecule has 0 unspecified atom stereocenters. The van der Waals surface area contributed by atoms with Crippen molar-refractivity contribution in [3.8, 4) is 0 Å². The summed E-state index contributed by atoms with van der Waals surface area (Å²) >= 11 is 1.58. The highest BCUT2D eigenvalue weighted by Gasteiger charge is 2.22. The number of nitrogens with zero attached hydrogens (tertiary/aromatic N) is 4. The van der Waals surface area contributed by atoms with Gasteiger partial charge in [0.25, 0.3) is 0 Å². The Labute approximate surface area is 215 Å². The Bertz CT molecular complexity index is 1210. The summed E-state index contributed by atoms with van der Waals surface area (Å²) < 4.78 is 7.26. The van der Waals surface area contributed by atoms with Gasteiger partial charge in [0.1, 0.15) is 5.82 Å². The second-order valence-corrected chi connectivity index (χ2v) is 9.29. The van der Waals surface area contributed by atoms with Gasteiger partial charge in [-0.25, -0.2) is 14.6 Å². The molecule has 2 aromatic heterocycles. The van der Waals surface area contributed by atoms with Crippen molar-refractivity contribution in [2.75, 3.05) is 37.4 Å². The molecule has 0 aliphatic rings. The first-order chi connectivity index (χ1) is 17.7. The van der Waals surface area contributed by atoms with E-state index < -0.39 is 0 Å². The van der Waals surface area contributed by atoms with Crippen LogP contribution < -0.4 is 10.6 Å². The van der Waals surface area contributed by atoms with Crippen LogP contribution in [0.25, 0.3) is 11.0 Å². The second kappa shape index (κ2) is 13.0. The molecule has 0 saturated carbocycles. The van der Waals surface area contributed by atoms with Crippen LogP contribution in [0.5, 0.6) is 0 Å². The lowest BCUT2D eigenvalue weighted by Gasteiger charge is -2.18. The Morgan fingerprint density at radius 2 is 1.69 bits per heavy atom. The van der Waals surface area contributed by atoms with Gasteiger partial charge in [-0.3, -0.25) is 4.79 Å². The van der Waals surface area contributed by atoms with Crippen LogP contribution in [-0.4, -0.2) is 57.7 Å². The number of rotatable bonds is 13. The summed E-state index contributed by atoms with van der Waals surface area (Å²) in [5.74, 6) is 1.20. The quantitative estimate of drug-likeness (QED) is 0.159. The minimum absolute atomic E-state index is 0.0426. The Morgan fingerprint density at radius 1 is 1.00 bits per heavy atom. The summed E-state index contributed by atoms with van der Waals surface area (Å²) in [4.78, 5) is 22.7. The van der Waals surface area contributed by atoms with Crippen LogP contribution in [0.2, 0.25) is 0 Å². The molecule has 2 N–H and O–H groups in total. The number of anilines is 1. The minimum atomic E-state index is -0.377. The van der Waals surface area contributed by atoms with Crippen molar-refractivity contribution in [1.82, 2.24) is 25.1 Å². The van der Waals surface area contributed by atoms with Gasteiger partial charge in [-0.15, -0.1) is 0 Å². The number of ether oxygens (including phenoxy) is 1. The van der Waals surface area contributed by atoms with Gasteiger partial charge < -0.3 is 15.4 Å². The SMILES string of the molecule is CCOCCNc1nc(SCC)nc2c1cnn2CCNC(=O)C(c1ccccc1)c1ccccc1. The number of carbonyl (C=O) groups excluding carboxylic acids is 1. The van der Waals surface area contributed by atoms with E-state index in [1.54, 1.807) is 18.0 Å². The number of carbonyl (C=O) groups is 1. The maximum atomic E-state index is 13.3. The van der Waals surface area contributed by atoms with E-state index in [1.807, 2.05) is 72.3 Å². The van der Waals surface area contributed by atoms with Gasteiger partial charge in [0, 0.05) is 19.7 Å². The van der Waals surface area contributed by atoms with E-state index in [0.717, 1.165) is 33.7 Å². The van der Waals surface area contributed by atoms with Crippen LogP contribution in [-0.2, 0) is 16.1 Å². The van der Waals surface area contributed by atoms with E-state index in [9.17, 15) is 4.79 Å². The lowest BCUT2D eigenvalue weighted by atomic mass is 9.90. The predicted molar refractivity (Wildman–Crippen MR) is 144 cm³/mol. The number of hydrogen-bond donors (Lipinski definition) is 2. The predicted octanol–water partition coefficient (Wildman–Crippen LogP) is 4.34. The van der Waals surface area contributed by atoms with Crippen molar-refractivity contribution in [3.05, 3.63) is 78.0 Å². The third kappa shape index (κ3) is 6.41. The van der Waals surface area contributed by atoms with Crippen LogP contribution in [0.4, 0.5) is 5.82 Å². The number of hydrogen-bond acceptors (Lipinski definition) is 7. The molecule has 1 amide bonds. The first-order valence-corrected chi connectivity index (χ1v) is 13.2. The van der Waals surface area contributed by atoms with E-state index in [-0.39, 0.29) is 11.8 Å². The number of amides is 1. The van der Waals surface area contributed by atoms with Crippen LogP contribution in [0.1, 0.15) is 30.9 Å². The van der Waals surface area contributed by atoms with Crippen molar-refractivity contribution in [1.29, 1.82) is 0 Å². The molecular weight excluding hydrogens is 472 g/mol. The normalized spacial score (nSPS) is 11.2. The molecule has 2 aromatic carbocycles. The lowest BCUT2D eigenvalue weighted by Crippen LogP contribution is -2.32. The highest BCUT2D eigenvalue weighted by molar-refractivity contribution is 7.99. The van der Waals surface area contributed by atoms with Crippen molar-refractivity contribution in [2.45, 2.75) is 31.5 Å². The van der Waals surface area contributed by atoms with Crippen LogP contribution >= 0.6 is 11.8 Å². The van der Waals surface area contributed by atoms with E-state index >= 15 is 0 Å². The summed E-state index contributed by atoms with van der Waals surface area (Å²) in [5.41, 5.74) is 2.67. The summed E-state index contributed by atoms with van der Waals surface area (Å²) in [7, 11) is 0. The molecule has 0 saturated heterocycles. The fourth-order valence-corrected chi connectivity index (χ4v) is 4.55. The van der Waals surface area contributed by atoms with Crippen LogP contribution in [0, 0.1) is 0 Å². The van der Waals surface area contributed by atoms with Gasteiger partial charge in [-0.1, -0.05) is 79.3 Å². The van der Waals surface area contributed by atoms with Gasteiger partial charge in [-0.2, -0.15) is 5.10 Å². The van der Waals surface area contributed by atoms with Gasteiger partial charge in [0.05, 0.1) is 30.7 Å². The number of aromatic nitrogens is 4. The second-order valence-electron chi connectivity index (χ2n) is 8.06. The fraction of sp³-hybridized carbons (Fsp3) is 0.333. The van der Waals surface area contributed by atoms with Gasteiger partial charge in [0.15, 0.2) is 10.8 Å². The zero-order chi connectivity index (χ0) is 25.2. The molecule has 9 heteroatoms. The molecular formula is C27H32N6O2S. The average molecular weight is 505 g/mol. The van der Waals surface area contributed by atoms with E-state index in [0.29, 0.717) is 38.0 Å². The summed E-state index contributed by atoms with van der Waals surface area (Å²) in [5, 5.41) is 12.5. The molecule has 36 heavy (non-hydrogen) atoms. The molecule has 0 aliphatic carbocycles. The van der Waals surface area contributed by atoms with Gasteiger partial charge in [-0.05, 0) is 23.8 Å². The average Bonchev–Trinajstić information content (AvgIpc) is 3.31. The first kappa shape index (κ1) is 25.7. The monoisotopic (exact) mass is 504 g/mol. The third-order valence-electron chi connectivity index (χ3n) is 5.64. The molecule has 0 fully saturated rings. The Kier molecular flexibility index (Phi) is 9.29. The molecule has 4 aromatic rings. The van der Waals surface area contributed by atoms with Crippen molar-refractivity contribution in [3.63, 3.8) is 0 Å². The van der Waals surface area contributed by atoms with Gasteiger partial charge in [0.2, 0.25) is 5.91 Å². The highest BCUT2D eigenvalue weighted by Crippen LogP contribution is 2.26. The number of thioether (sulfide) groups is 1. The topological polar surface area (TPSA) is 94.0 Å². The molecule has 2 heterocycles. The largest absolute Gasteiger partial charge is 0.380 e. The first-order valence-electron chi connectivity index (χ1n) is 12.3. The fourth-order valence-electron chi connectivity index (χ4n) is 3.99. The lowest BCUT2D eigenvalue weighted by molar-refractivity contribution is -0.121. The minimum Gasteiger partial charge on any atom is -0.380 e. The molecule has 0 atom stereocenters. The molecule has 0 aliphatic heterocycles. The van der Waals surface area contributed by atoms with E-state index in [4.69, 9.17) is 9.72 Å². The third-order valence-corrected chi connectivity index (χ3v) is 6.37. The number of benzene rings is 2. The van der Waals surface area contributed by atoms with Gasteiger partial charge >= 0.3 is 0 Å². The summed E-state index contributed by atoms with van der Waals surface area (Å²) in [6, 6.07) is 19.7. The van der Waals surface area contributed by atoms with Crippen molar-refractivity contribution >= 4 is 34.5 Å². The number of nitrogens with one attached hydrogen (secondary N) is 2. The smallest absolute Gasteiger partial charge is 0.232 e.